The molecule has 112 valence electrons. The number of rotatable bonds is 8. The van der Waals surface area contributed by atoms with Crippen LogP contribution in [-0.2, 0) is 14.3 Å². The summed E-state index contributed by atoms with van der Waals surface area (Å²) in [5.41, 5.74) is 0. The molecule has 1 heterocycles. The van der Waals surface area contributed by atoms with Gasteiger partial charge < -0.3 is 19.5 Å². The first-order valence-corrected chi connectivity index (χ1v) is 6.50. The molecule has 0 unspecified atom stereocenters. The quantitative estimate of drug-likeness (QED) is 0.722. The topological polar surface area (TPSA) is 84.7 Å². The van der Waals surface area contributed by atoms with E-state index < -0.39 is 0 Å². The third-order valence-corrected chi connectivity index (χ3v) is 2.76. The van der Waals surface area contributed by atoms with Gasteiger partial charge in [-0.25, -0.2) is 0 Å². The van der Waals surface area contributed by atoms with Gasteiger partial charge in [-0.2, -0.15) is 0 Å². The summed E-state index contributed by atoms with van der Waals surface area (Å²) < 4.78 is 9.42. The Hall–Kier alpha value is -1.89. The van der Waals surface area contributed by atoms with E-state index in [1.54, 1.807) is 13.0 Å². The standard InChI is InChI=1S/C13H21N3O4/c1-10-9-11(15-20-10)14-12(17)6-8-16(2)7-4-5-13(18)19-3/h9H,4-8H2,1-3H3,(H,14,15,17). The minimum Gasteiger partial charge on any atom is -0.469 e. The first-order chi connectivity index (χ1) is 9.51. The zero-order chi connectivity index (χ0) is 15.0. The van der Waals surface area contributed by atoms with Crippen molar-refractivity contribution in [2.24, 2.45) is 0 Å². The molecule has 1 N–H and O–H groups in total. The minimum atomic E-state index is -0.211. The number of aromatic nitrogens is 1. The second kappa shape index (κ2) is 8.31. The van der Waals surface area contributed by atoms with Gasteiger partial charge in [0.15, 0.2) is 5.82 Å². The third kappa shape index (κ3) is 6.33. The normalized spacial score (nSPS) is 10.6. The summed E-state index contributed by atoms with van der Waals surface area (Å²) in [4.78, 5) is 24.6. The number of hydrogen-bond acceptors (Lipinski definition) is 6. The van der Waals surface area contributed by atoms with Crippen LogP contribution in [-0.4, -0.2) is 49.2 Å². The number of esters is 1. The Morgan fingerprint density at radius 1 is 1.40 bits per heavy atom. The lowest BCUT2D eigenvalue weighted by Gasteiger charge is -2.15. The Balaban J connectivity index is 2.15. The molecule has 0 aliphatic rings. The number of nitrogens with one attached hydrogen (secondary N) is 1. The van der Waals surface area contributed by atoms with Crippen LogP contribution in [0.3, 0.4) is 0 Å². The van der Waals surface area contributed by atoms with Crippen LogP contribution >= 0.6 is 0 Å². The highest BCUT2D eigenvalue weighted by molar-refractivity contribution is 5.89. The molecule has 20 heavy (non-hydrogen) atoms. The van der Waals surface area contributed by atoms with Crippen molar-refractivity contribution in [1.82, 2.24) is 10.1 Å². The number of amides is 1. The molecule has 0 saturated carbocycles. The molecule has 0 aliphatic heterocycles. The number of ether oxygens (including phenoxy) is 1. The van der Waals surface area contributed by atoms with Gasteiger partial charge >= 0.3 is 5.97 Å². The highest BCUT2D eigenvalue weighted by atomic mass is 16.5. The lowest BCUT2D eigenvalue weighted by Crippen LogP contribution is -2.25. The van der Waals surface area contributed by atoms with Gasteiger partial charge in [-0.15, -0.1) is 0 Å². The summed E-state index contributed by atoms with van der Waals surface area (Å²) in [7, 11) is 3.28. The molecule has 0 spiro atoms. The fraction of sp³-hybridized carbons (Fsp3) is 0.615. The first-order valence-electron chi connectivity index (χ1n) is 6.50. The summed E-state index contributed by atoms with van der Waals surface area (Å²) in [6.07, 6.45) is 1.47. The lowest BCUT2D eigenvalue weighted by molar-refractivity contribution is -0.140. The van der Waals surface area contributed by atoms with E-state index in [9.17, 15) is 9.59 Å². The van der Waals surface area contributed by atoms with Crippen molar-refractivity contribution < 1.29 is 18.8 Å². The third-order valence-electron chi connectivity index (χ3n) is 2.76. The van der Waals surface area contributed by atoms with Crippen molar-refractivity contribution in [2.75, 3.05) is 32.6 Å². The van der Waals surface area contributed by atoms with Crippen LogP contribution in [0.15, 0.2) is 10.6 Å². The van der Waals surface area contributed by atoms with E-state index in [-0.39, 0.29) is 11.9 Å². The maximum atomic E-state index is 11.7. The van der Waals surface area contributed by atoms with Gasteiger partial charge in [0.05, 0.1) is 7.11 Å². The van der Waals surface area contributed by atoms with Crippen molar-refractivity contribution >= 4 is 17.7 Å². The zero-order valence-electron chi connectivity index (χ0n) is 12.1. The van der Waals surface area contributed by atoms with Crippen molar-refractivity contribution in [1.29, 1.82) is 0 Å². The average Bonchev–Trinajstić information content (AvgIpc) is 2.81. The highest BCUT2D eigenvalue weighted by Gasteiger charge is 2.08. The predicted molar refractivity (Wildman–Crippen MR) is 73.2 cm³/mol. The molecule has 7 heteroatoms. The van der Waals surface area contributed by atoms with Gasteiger partial charge in [0.2, 0.25) is 5.91 Å². The number of hydrogen-bond donors (Lipinski definition) is 1. The summed E-state index contributed by atoms with van der Waals surface area (Å²) in [6.45, 7) is 3.12. The van der Waals surface area contributed by atoms with Gasteiger partial charge in [0, 0.05) is 25.5 Å². The summed E-state index contributed by atoms with van der Waals surface area (Å²) in [5, 5.41) is 6.35. The van der Waals surface area contributed by atoms with Gasteiger partial charge in [-0.1, -0.05) is 5.16 Å². The summed E-state index contributed by atoms with van der Waals surface area (Å²) in [5.74, 6) is 0.761. The highest BCUT2D eigenvalue weighted by Crippen LogP contribution is 2.07. The number of anilines is 1. The molecule has 1 amide bonds. The fourth-order valence-electron chi connectivity index (χ4n) is 1.63. The van der Waals surface area contributed by atoms with Crippen LogP contribution < -0.4 is 5.32 Å². The molecule has 1 aromatic heterocycles. The SMILES string of the molecule is COC(=O)CCCN(C)CCC(=O)Nc1cc(C)on1. The first kappa shape index (κ1) is 16.2. The zero-order valence-corrected chi connectivity index (χ0v) is 12.1. The molecule has 0 fully saturated rings. The maximum Gasteiger partial charge on any atom is 0.305 e. The van der Waals surface area contributed by atoms with Gasteiger partial charge in [-0.3, -0.25) is 9.59 Å². The Morgan fingerprint density at radius 3 is 2.75 bits per heavy atom. The van der Waals surface area contributed by atoms with Crippen LogP contribution in [0.5, 0.6) is 0 Å². The molecular weight excluding hydrogens is 262 g/mol. The van der Waals surface area contributed by atoms with Crippen LogP contribution in [0.25, 0.3) is 0 Å². The van der Waals surface area contributed by atoms with Gasteiger partial charge in [0.1, 0.15) is 5.76 Å². The van der Waals surface area contributed by atoms with Crippen LogP contribution in [0.1, 0.15) is 25.0 Å². The van der Waals surface area contributed by atoms with Gasteiger partial charge in [0.25, 0.3) is 0 Å². The molecule has 1 rings (SSSR count). The smallest absolute Gasteiger partial charge is 0.305 e. The van der Waals surface area contributed by atoms with Crippen molar-refractivity contribution in [3.8, 4) is 0 Å². The monoisotopic (exact) mass is 283 g/mol. The number of methoxy groups -OCH3 is 1. The minimum absolute atomic E-state index is 0.113. The number of aryl methyl sites for hydroxylation is 1. The van der Waals surface area contributed by atoms with E-state index in [2.05, 4.69) is 15.2 Å². The molecule has 1 aromatic rings. The number of carbonyl (C=O) groups is 2. The summed E-state index contributed by atoms with van der Waals surface area (Å²) >= 11 is 0. The second-order valence-electron chi connectivity index (χ2n) is 4.60. The maximum absolute atomic E-state index is 11.7. The van der Waals surface area contributed by atoms with E-state index >= 15 is 0 Å². The number of nitrogens with zero attached hydrogens (tertiary/aromatic N) is 2. The van der Waals surface area contributed by atoms with Gasteiger partial charge in [-0.05, 0) is 26.9 Å². The molecule has 0 bridgehead atoms. The van der Waals surface area contributed by atoms with Crippen molar-refractivity contribution in [3.63, 3.8) is 0 Å². The van der Waals surface area contributed by atoms with Crippen LogP contribution in [0, 0.1) is 6.92 Å². The molecule has 0 radical (unpaired) electrons. The van der Waals surface area contributed by atoms with E-state index in [0.717, 1.165) is 6.54 Å². The molecule has 0 aliphatic carbocycles. The average molecular weight is 283 g/mol. The van der Waals surface area contributed by atoms with Crippen LogP contribution in [0.2, 0.25) is 0 Å². The van der Waals surface area contributed by atoms with E-state index in [1.807, 2.05) is 11.9 Å². The largest absolute Gasteiger partial charge is 0.469 e. The molecular formula is C13H21N3O4. The predicted octanol–water partition coefficient (Wildman–Crippen LogP) is 1.20. The molecule has 0 aromatic carbocycles. The van der Waals surface area contributed by atoms with E-state index in [1.165, 1.54) is 7.11 Å². The Morgan fingerprint density at radius 2 is 2.15 bits per heavy atom. The van der Waals surface area contributed by atoms with E-state index in [4.69, 9.17) is 4.52 Å². The summed E-state index contributed by atoms with van der Waals surface area (Å²) in [6, 6.07) is 1.66. The van der Waals surface area contributed by atoms with E-state index in [0.29, 0.717) is 37.4 Å². The van der Waals surface area contributed by atoms with Crippen molar-refractivity contribution in [3.05, 3.63) is 11.8 Å². The Kier molecular flexibility index (Phi) is 6.72. The molecule has 7 nitrogen and oxygen atoms in total. The van der Waals surface area contributed by atoms with Crippen LogP contribution in [0.4, 0.5) is 5.82 Å². The number of carbonyl (C=O) groups excluding carboxylic acids is 2. The second-order valence-corrected chi connectivity index (χ2v) is 4.60. The fourth-order valence-corrected chi connectivity index (χ4v) is 1.63. The molecule has 0 atom stereocenters. The Bertz CT molecular complexity index is 445. The Labute approximate surface area is 118 Å². The molecule has 0 saturated heterocycles. The lowest BCUT2D eigenvalue weighted by atomic mass is 10.3. The van der Waals surface area contributed by atoms with Crippen molar-refractivity contribution in [2.45, 2.75) is 26.2 Å².